The van der Waals surface area contributed by atoms with E-state index in [0.717, 1.165) is 19.6 Å². The molecule has 0 unspecified atom stereocenters. The van der Waals surface area contributed by atoms with Gasteiger partial charge in [-0.3, -0.25) is 0 Å². The quantitative estimate of drug-likeness (QED) is 0.502. The summed E-state index contributed by atoms with van der Waals surface area (Å²) >= 11 is 0. The average molecular weight is 322 g/mol. The second kappa shape index (κ2) is 15.1. The topological polar surface area (TPSA) is 41.5 Å². The number of aliphatic hydroxyl groups is 1. The Kier molecular flexibility index (Phi) is 15.2. The highest BCUT2D eigenvalue weighted by Gasteiger charge is 2.23. The van der Waals surface area contributed by atoms with Gasteiger partial charge in [-0.15, -0.1) is 12.4 Å². The van der Waals surface area contributed by atoms with Gasteiger partial charge in [-0.05, 0) is 12.8 Å². The minimum Gasteiger partial charge on any atom is -0.395 e. The van der Waals surface area contributed by atoms with Gasteiger partial charge >= 0.3 is 0 Å². The van der Waals surface area contributed by atoms with Crippen LogP contribution >= 0.6 is 12.4 Å². The highest BCUT2D eigenvalue weighted by molar-refractivity contribution is 5.85. The van der Waals surface area contributed by atoms with Crippen LogP contribution in [0, 0.1) is 0 Å². The van der Waals surface area contributed by atoms with Crippen LogP contribution in [0.5, 0.6) is 0 Å². The zero-order valence-corrected chi connectivity index (χ0v) is 14.6. The molecular weight excluding hydrogens is 286 g/mol. The number of halogens is 1. The van der Waals surface area contributed by atoms with Crippen LogP contribution in [-0.4, -0.2) is 37.0 Å². The lowest BCUT2D eigenvalue weighted by Crippen LogP contribution is -2.24. The van der Waals surface area contributed by atoms with Crippen LogP contribution in [-0.2, 0) is 4.74 Å². The van der Waals surface area contributed by atoms with Crippen LogP contribution in [0.4, 0.5) is 0 Å². The maximum absolute atomic E-state index is 9.03. The van der Waals surface area contributed by atoms with Crippen molar-refractivity contribution in [2.45, 2.75) is 89.7 Å². The first kappa shape index (κ1) is 21.2. The Morgan fingerprint density at radius 3 is 2.05 bits per heavy atom. The van der Waals surface area contributed by atoms with Crippen LogP contribution in [0.1, 0.15) is 77.6 Å². The largest absolute Gasteiger partial charge is 0.395 e. The van der Waals surface area contributed by atoms with Crippen molar-refractivity contribution in [3.05, 3.63) is 0 Å². The first-order chi connectivity index (χ1) is 9.86. The summed E-state index contributed by atoms with van der Waals surface area (Å²) in [5, 5.41) is 12.3. The Balaban J connectivity index is 0.00000400. The number of unbranched alkanes of at least 4 members (excludes halogenated alkanes) is 9. The molecule has 2 atom stereocenters. The van der Waals surface area contributed by atoms with Gasteiger partial charge in [-0.2, -0.15) is 0 Å². The van der Waals surface area contributed by atoms with E-state index in [1.165, 1.54) is 64.2 Å². The lowest BCUT2D eigenvalue weighted by molar-refractivity contribution is 0.0610. The van der Waals surface area contributed by atoms with E-state index in [9.17, 15) is 0 Å². The monoisotopic (exact) mass is 321 g/mol. The standard InChI is InChI=1S/C17H35NO2.ClH/c1-2-3-4-5-6-7-8-9-10-11-12-20-17-13-16(15-19)18-14-17;/h16-19H,2-15H2,1H3;1H/t16-,17+;/m0./s1. The summed E-state index contributed by atoms with van der Waals surface area (Å²) in [7, 11) is 0. The number of ether oxygens (including phenoxy) is 1. The number of hydrogen-bond acceptors (Lipinski definition) is 3. The predicted molar refractivity (Wildman–Crippen MR) is 92.3 cm³/mol. The summed E-state index contributed by atoms with van der Waals surface area (Å²) < 4.78 is 5.83. The second-order valence-electron chi connectivity index (χ2n) is 6.20. The van der Waals surface area contributed by atoms with Gasteiger partial charge in [0.2, 0.25) is 0 Å². The molecule has 2 N–H and O–H groups in total. The van der Waals surface area contributed by atoms with Crippen LogP contribution in [0.3, 0.4) is 0 Å². The molecule has 0 amide bonds. The third-order valence-corrected chi connectivity index (χ3v) is 4.25. The van der Waals surface area contributed by atoms with E-state index in [2.05, 4.69) is 12.2 Å². The first-order valence-electron chi connectivity index (χ1n) is 8.82. The zero-order valence-electron chi connectivity index (χ0n) is 13.8. The van der Waals surface area contributed by atoms with E-state index < -0.39 is 0 Å². The summed E-state index contributed by atoms with van der Waals surface area (Å²) in [4.78, 5) is 0. The third kappa shape index (κ3) is 11.4. The van der Waals surface area contributed by atoms with E-state index in [4.69, 9.17) is 9.84 Å². The minimum absolute atomic E-state index is 0. The van der Waals surface area contributed by atoms with Gasteiger partial charge < -0.3 is 15.2 Å². The van der Waals surface area contributed by atoms with Crippen molar-refractivity contribution in [2.75, 3.05) is 19.8 Å². The van der Waals surface area contributed by atoms with Crippen molar-refractivity contribution in [3.63, 3.8) is 0 Å². The molecule has 0 radical (unpaired) electrons. The van der Waals surface area contributed by atoms with Crippen molar-refractivity contribution >= 4 is 12.4 Å². The van der Waals surface area contributed by atoms with Gasteiger partial charge in [0, 0.05) is 19.2 Å². The Hall–Kier alpha value is 0.170. The van der Waals surface area contributed by atoms with Crippen molar-refractivity contribution < 1.29 is 9.84 Å². The summed E-state index contributed by atoms with van der Waals surface area (Å²) in [5.41, 5.74) is 0. The predicted octanol–water partition coefficient (Wildman–Crippen LogP) is 4.07. The van der Waals surface area contributed by atoms with Crippen molar-refractivity contribution in [2.24, 2.45) is 0 Å². The maximum atomic E-state index is 9.03. The van der Waals surface area contributed by atoms with Crippen LogP contribution < -0.4 is 5.32 Å². The Morgan fingerprint density at radius 2 is 1.52 bits per heavy atom. The molecule has 0 aromatic carbocycles. The lowest BCUT2D eigenvalue weighted by atomic mass is 10.1. The van der Waals surface area contributed by atoms with Gasteiger partial charge in [0.15, 0.2) is 0 Å². The zero-order chi connectivity index (χ0) is 14.5. The summed E-state index contributed by atoms with van der Waals surface area (Å²) in [6, 6.07) is 0.257. The fourth-order valence-corrected chi connectivity index (χ4v) is 2.89. The van der Waals surface area contributed by atoms with E-state index >= 15 is 0 Å². The molecule has 0 bridgehead atoms. The molecule has 0 aliphatic carbocycles. The maximum Gasteiger partial charge on any atom is 0.0715 e. The van der Waals surface area contributed by atoms with Gasteiger partial charge in [0.1, 0.15) is 0 Å². The van der Waals surface area contributed by atoms with Crippen molar-refractivity contribution in [3.8, 4) is 0 Å². The molecule has 0 spiro atoms. The number of nitrogens with one attached hydrogen (secondary N) is 1. The van der Waals surface area contributed by atoms with E-state index in [0.29, 0.717) is 6.10 Å². The molecule has 128 valence electrons. The molecular formula is C17H36ClNO2. The van der Waals surface area contributed by atoms with Crippen LogP contribution in [0.2, 0.25) is 0 Å². The molecule has 1 fully saturated rings. The van der Waals surface area contributed by atoms with Gasteiger partial charge in [0.25, 0.3) is 0 Å². The van der Waals surface area contributed by atoms with E-state index in [-0.39, 0.29) is 25.1 Å². The van der Waals surface area contributed by atoms with Crippen LogP contribution in [0.25, 0.3) is 0 Å². The Labute approximate surface area is 137 Å². The minimum atomic E-state index is 0. The molecule has 0 saturated carbocycles. The lowest BCUT2D eigenvalue weighted by Gasteiger charge is -2.10. The summed E-state index contributed by atoms with van der Waals surface area (Å²) in [6.07, 6.45) is 15.0. The molecule has 1 rings (SSSR count). The number of hydrogen-bond donors (Lipinski definition) is 2. The number of rotatable bonds is 13. The summed E-state index contributed by atoms with van der Waals surface area (Å²) in [6.45, 7) is 4.30. The van der Waals surface area contributed by atoms with Gasteiger partial charge in [0.05, 0.1) is 12.7 Å². The molecule has 1 aliphatic heterocycles. The average Bonchev–Trinajstić information content (AvgIpc) is 2.93. The molecule has 1 saturated heterocycles. The van der Waals surface area contributed by atoms with Gasteiger partial charge in [-0.25, -0.2) is 0 Å². The van der Waals surface area contributed by atoms with Crippen molar-refractivity contribution in [1.29, 1.82) is 0 Å². The Morgan fingerprint density at radius 1 is 0.952 bits per heavy atom. The third-order valence-electron chi connectivity index (χ3n) is 4.25. The van der Waals surface area contributed by atoms with Crippen LogP contribution in [0.15, 0.2) is 0 Å². The highest BCUT2D eigenvalue weighted by atomic mass is 35.5. The van der Waals surface area contributed by atoms with Gasteiger partial charge in [-0.1, -0.05) is 64.7 Å². The Bertz CT molecular complexity index is 217. The fraction of sp³-hybridized carbons (Fsp3) is 1.00. The molecule has 4 heteroatoms. The molecule has 1 heterocycles. The molecule has 3 nitrogen and oxygen atoms in total. The molecule has 21 heavy (non-hydrogen) atoms. The highest BCUT2D eigenvalue weighted by Crippen LogP contribution is 2.13. The normalized spacial score (nSPS) is 21.4. The van der Waals surface area contributed by atoms with E-state index in [1.807, 2.05) is 0 Å². The van der Waals surface area contributed by atoms with Crippen molar-refractivity contribution in [1.82, 2.24) is 5.32 Å². The smallest absolute Gasteiger partial charge is 0.0715 e. The van der Waals surface area contributed by atoms with E-state index in [1.54, 1.807) is 0 Å². The molecule has 1 aliphatic rings. The molecule has 0 aromatic rings. The first-order valence-corrected chi connectivity index (χ1v) is 8.82. The fourth-order valence-electron chi connectivity index (χ4n) is 2.89. The summed E-state index contributed by atoms with van der Waals surface area (Å²) in [5.74, 6) is 0. The molecule has 0 aromatic heterocycles. The second-order valence-corrected chi connectivity index (χ2v) is 6.20. The SMILES string of the molecule is CCCCCCCCCCCCO[C@H]1CN[C@H](CO)C1.Cl. The number of aliphatic hydroxyl groups excluding tert-OH is 1.